The van der Waals surface area contributed by atoms with Crippen molar-refractivity contribution in [3.8, 4) is 5.75 Å². The van der Waals surface area contributed by atoms with E-state index in [1.165, 1.54) is 0 Å². The fourth-order valence-corrected chi connectivity index (χ4v) is 2.30. The Morgan fingerprint density at radius 3 is 2.67 bits per heavy atom. The predicted octanol–water partition coefficient (Wildman–Crippen LogP) is 3.84. The number of nitrogens with zero attached hydrogens (tertiary/aromatic N) is 1. The molecule has 1 amide bonds. The predicted molar refractivity (Wildman–Crippen MR) is 97.5 cm³/mol. The van der Waals surface area contributed by atoms with Gasteiger partial charge in [-0.15, -0.1) is 0 Å². The first-order chi connectivity index (χ1) is 11.6. The minimum absolute atomic E-state index is 0.0498. The highest BCUT2D eigenvalue weighted by Gasteiger charge is 2.09. The van der Waals surface area contributed by atoms with Crippen LogP contribution in [0.1, 0.15) is 36.5 Å². The smallest absolute Gasteiger partial charge is 0.277 e. The molecule has 0 aromatic heterocycles. The minimum atomic E-state index is -0.268. The highest BCUT2D eigenvalue weighted by Crippen LogP contribution is 2.27. The molecule has 4 heteroatoms. The number of nitrogens with one attached hydrogen (secondary N) is 1. The summed E-state index contributed by atoms with van der Waals surface area (Å²) in [5.41, 5.74) is 5.84. The van der Waals surface area contributed by atoms with Gasteiger partial charge < -0.3 is 4.74 Å². The third kappa shape index (κ3) is 5.54. The van der Waals surface area contributed by atoms with E-state index in [1.807, 2.05) is 49.4 Å². The van der Waals surface area contributed by atoms with Gasteiger partial charge in [-0.05, 0) is 35.6 Å². The lowest BCUT2D eigenvalue weighted by Gasteiger charge is -2.14. The van der Waals surface area contributed by atoms with Crippen molar-refractivity contribution in [2.45, 2.75) is 33.1 Å². The van der Waals surface area contributed by atoms with Crippen LogP contribution in [-0.2, 0) is 11.2 Å². The van der Waals surface area contributed by atoms with Crippen LogP contribution in [0.15, 0.2) is 53.6 Å². The molecule has 0 saturated carbocycles. The Morgan fingerprint density at radius 2 is 1.96 bits per heavy atom. The van der Waals surface area contributed by atoms with Crippen LogP contribution in [0, 0.1) is 6.92 Å². The second-order valence-corrected chi connectivity index (χ2v) is 6.02. The number of ether oxygens (including phenoxy) is 1. The third-order valence-corrected chi connectivity index (χ3v) is 3.60. The zero-order chi connectivity index (χ0) is 17.4. The van der Waals surface area contributed by atoms with Gasteiger partial charge in [0.25, 0.3) is 5.91 Å². The molecule has 126 valence electrons. The molecule has 4 nitrogen and oxygen atoms in total. The summed E-state index contributed by atoms with van der Waals surface area (Å²) >= 11 is 0. The molecule has 0 heterocycles. The lowest BCUT2D eigenvalue weighted by atomic mass is 10.0. The third-order valence-electron chi connectivity index (χ3n) is 3.60. The Kier molecular flexibility index (Phi) is 6.55. The number of carbonyl (C=O) groups excluding carboxylic acids is 1. The van der Waals surface area contributed by atoms with Gasteiger partial charge >= 0.3 is 0 Å². The van der Waals surface area contributed by atoms with Crippen molar-refractivity contribution >= 4 is 12.1 Å². The Labute approximate surface area is 143 Å². The lowest BCUT2D eigenvalue weighted by Crippen LogP contribution is -2.25. The largest absolute Gasteiger partial charge is 0.483 e. The van der Waals surface area contributed by atoms with Crippen molar-refractivity contribution in [2.75, 3.05) is 6.61 Å². The molecule has 0 spiro atoms. The molecule has 0 aliphatic heterocycles. The molecular formula is C20H24N2O2. The average Bonchev–Trinajstić information content (AvgIpc) is 2.57. The standard InChI is InChI=1S/C20H24N2O2/c1-15(2)18-10-9-16(3)13-19(18)24-14-20(23)22-21-12-11-17-7-5-4-6-8-17/h4-10,12-13,15H,11,14H2,1-3H3,(H,22,23). The summed E-state index contributed by atoms with van der Waals surface area (Å²) in [5, 5.41) is 3.95. The molecule has 0 aliphatic rings. The monoisotopic (exact) mass is 324 g/mol. The van der Waals surface area contributed by atoms with E-state index in [-0.39, 0.29) is 12.5 Å². The normalized spacial score (nSPS) is 11.0. The summed E-state index contributed by atoms with van der Waals surface area (Å²) in [5.74, 6) is 0.830. The van der Waals surface area contributed by atoms with Crippen molar-refractivity contribution in [3.63, 3.8) is 0 Å². The lowest BCUT2D eigenvalue weighted by molar-refractivity contribution is -0.123. The van der Waals surface area contributed by atoms with Gasteiger partial charge in [0.2, 0.25) is 0 Å². The van der Waals surface area contributed by atoms with Gasteiger partial charge in [-0.1, -0.05) is 56.3 Å². The Balaban J connectivity index is 1.82. The highest BCUT2D eigenvalue weighted by atomic mass is 16.5. The molecule has 0 radical (unpaired) electrons. The number of hydrogen-bond acceptors (Lipinski definition) is 3. The van der Waals surface area contributed by atoms with Gasteiger partial charge in [-0.2, -0.15) is 5.10 Å². The highest BCUT2D eigenvalue weighted by molar-refractivity contribution is 5.78. The van der Waals surface area contributed by atoms with Crippen LogP contribution in [0.3, 0.4) is 0 Å². The number of hydrogen-bond donors (Lipinski definition) is 1. The number of carbonyl (C=O) groups is 1. The molecule has 0 saturated heterocycles. The summed E-state index contributed by atoms with van der Waals surface area (Å²) < 4.78 is 5.67. The van der Waals surface area contributed by atoms with Crippen LogP contribution in [0.5, 0.6) is 5.75 Å². The van der Waals surface area contributed by atoms with E-state index in [0.29, 0.717) is 12.3 Å². The maximum atomic E-state index is 11.8. The fraction of sp³-hybridized carbons (Fsp3) is 0.300. The Bertz CT molecular complexity index is 694. The van der Waals surface area contributed by atoms with E-state index in [9.17, 15) is 4.79 Å². The topological polar surface area (TPSA) is 50.7 Å². The number of hydrazone groups is 1. The number of aryl methyl sites for hydroxylation is 1. The van der Waals surface area contributed by atoms with E-state index in [2.05, 4.69) is 30.4 Å². The van der Waals surface area contributed by atoms with Gasteiger partial charge in [0, 0.05) is 12.6 Å². The first-order valence-electron chi connectivity index (χ1n) is 8.14. The van der Waals surface area contributed by atoms with Crippen LogP contribution in [0.4, 0.5) is 0 Å². The first kappa shape index (κ1) is 17.7. The Hall–Kier alpha value is -2.62. The van der Waals surface area contributed by atoms with Crippen molar-refractivity contribution < 1.29 is 9.53 Å². The number of amides is 1. The average molecular weight is 324 g/mol. The minimum Gasteiger partial charge on any atom is -0.483 e. The molecule has 0 aliphatic carbocycles. The van der Waals surface area contributed by atoms with Crippen molar-refractivity contribution in [1.29, 1.82) is 0 Å². The maximum Gasteiger partial charge on any atom is 0.277 e. The van der Waals surface area contributed by atoms with E-state index >= 15 is 0 Å². The van der Waals surface area contributed by atoms with Crippen LogP contribution in [0.2, 0.25) is 0 Å². The molecule has 2 aromatic rings. The van der Waals surface area contributed by atoms with E-state index < -0.39 is 0 Å². The maximum absolute atomic E-state index is 11.8. The summed E-state index contributed by atoms with van der Waals surface area (Å²) in [6.07, 6.45) is 2.36. The number of rotatable bonds is 7. The second-order valence-electron chi connectivity index (χ2n) is 6.02. The van der Waals surface area contributed by atoms with E-state index in [4.69, 9.17) is 4.74 Å². The summed E-state index contributed by atoms with van der Waals surface area (Å²) in [4.78, 5) is 11.8. The molecule has 0 unspecified atom stereocenters. The van der Waals surface area contributed by atoms with Gasteiger partial charge in [0.05, 0.1) is 0 Å². The molecular weight excluding hydrogens is 300 g/mol. The molecule has 0 fully saturated rings. The fourth-order valence-electron chi connectivity index (χ4n) is 2.30. The van der Waals surface area contributed by atoms with Crippen molar-refractivity contribution in [3.05, 3.63) is 65.2 Å². The molecule has 2 aromatic carbocycles. The second kappa shape index (κ2) is 8.87. The summed E-state index contributed by atoms with van der Waals surface area (Å²) in [6.45, 7) is 6.16. The van der Waals surface area contributed by atoms with Crippen molar-refractivity contribution in [2.24, 2.45) is 5.10 Å². The van der Waals surface area contributed by atoms with Crippen LogP contribution in [-0.4, -0.2) is 18.7 Å². The molecule has 24 heavy (non-hydrogen) atoms. The van der Waals surface area contributed by atoms with Gasteiger partial charge in [0.1, 0.15) is 5.75 Å². The number of benzene rings is 2. The molecule has 2 rings (SSSR count). The van der Waals surface area contributed by atoms with E-state index in [1.54, 1.807) is 6.21 Å². The zero-order valence-corrected chi connectivity index (χ0v) is 14.5. The summed E-state index contributed by atoms with van der Waals surface area (Å²) in [6, 6.07) is 16.0. The molecule has 0 bridgehead atoms. The van der Waals surface area contributed by atoms with Gasteiger partial charge in [-0.3, -0.25) is 4.79 Å². The zero-order valence-electron chi connectivity index (χ0n) is 14.5. The molecule has 1 N–H and O–H groups in total. The summed E-state index contributed by atoms with van der Waals surface area (Å²) in [7, 11) is 0. The first-order valence-corrected chi connectivity index (χ1v) is 8.14. The quantitative estimate of drug-likeness (QED) is 0.621. The van der Waals surface area contributed by atoms with E-state index in [0.717, 1.165) is 22.4 Å². The Morgan fingerprint density at radius 1 is 1.21 bits per heavy atom. The van der Waals surface area contributed by atoms with Crippen LogP contribution >= 0.6 is 0 Å². The van der Waals surface area contributed by atoms with Crippen molar-refractivity contribution in [1.82, 2.24) is 5.43 Å². The van der Waals surface area contributed by atoms with Gasteiger partial charge in [-0.25, -0.2) is 5.43 Å². The van der Waals surface area contributed by atoms with Gasteiger partial charge in [0.15, 0.2) is 6.61 Å². The van der Waals surface area contributed by atoms with Crippen LogP contribution < -0.4 is 10.2 Å². The van der Waals surface area contributed by atoms with Crippen LogP contribution in [0.25, 0.3) is 0 Å². The molecule has 0 atom stereocenters. The SMILES string of the molecule is Cc1ccc(C(C)C)c(OCC(=O)NN=CCc2ccccc2)c1.